The summed E-state index contributed by atoms with van der Waals surface area (Å²) in [7, 11) is -3.86. The molecule has 6 heteroatoms. The first kappa shape index (κ1) is 38.3. The lowest BCUT2D eigenvalue weighted by atomic mass is 9.92. The first-order valence-electron chi connectivity index (χ1n) is 16.7. The van der Waals surface area contributed by atoms with E-state index in [4.69, 9.17) is 14.0 Å². The highest BCUT2D eigenvalue weighted by atomic mass is 28.4. The Morgan fingerprint density at radius 3 is 2.10 bits per heavy atom. The second-order valence-corrected chi connectivity index (χ2v) is 25.6. The largest absolute Gasteiger partial charge is 0.481 e. The molecule has 0 heterocycles. The van der Waals surface area contributed by atoms with Crippen LogP contribution in [0.4, 0.5) is 0 Å². The number of hydrogen-bond acceptors (Lipinski definition) is 3. The Balaban J connectivity index is 3.26. The van der Waals surface area contributed by atoms with Crippen LogP contribution in [0.3, 0.4) is 0 Å². The van der Waals surface area contributed by atoms with Crippen molar-refractivity contribution in [1.82, 2.24) is 0 Å². The van der Waals surface area contributed by atoms with Gasteiger partial charge in [0, 0.05) is 12.3 Å². The van der Waals surface area contributed by atoms with Gasteiger partial charge in [-0.15, -0.1) is 0 Å². The Bertz CT molecular complexity index is 860. The molecule has 0 unspecified atom stereocenters. The molecule has 1 aliphatic carbocycles. The van der Waals surface area contributed by atoms with E-state index < -0.39 is 22.6 Å². The van der Waals surface area contributed by atoms with Crippen LogP contribution < -0.4 is 0 Å². The number of unbranched alkanes of at least 4 members (excludes halogenated alkanes) is 4. The van der Waals surface area contributed by atoms with Crippen LogP contribution in [-0.4, -0.2) is 39.9 Å². The number of carboxylic acids is 1. The zero-order valence-electron chi connectivity index (χ0n) is 29.4. The van der Waals surface area contributed by atoms with Crippen molar-refractivity contribution in [1.29, 1.82) is 0 Å². The lowest BCUT2D eigenvalue weighted by Crippen LogP contribution is -2.45. The SMILES string of the molecule is CCCC[C@@H](C)C[C@@H](C=C[C@@H]1C(CCCCCCC(=O)O)=C(C)C[C@H]1O[Si](C)(C)C(C)(C)C)O[Si](C)(C)C(C)(C)C. The maximum atomic E-state index is 10.9. The summed E-state index contributed by atoms with van der Waals surface area (Å²) in [4.78, 5) is 10.9. The summed E-state index contributed by atoms with van der Waals surface area (Å²) in [5.41, 5.74) is 3.04. The van der Waals surface area contributed by atoms with E-state index in [0.29, 0.717) is 11.8 Å². The molecule has 0 aromatic heterocycles. The van der Waals surface area contributed by atoms with Crippen LogP contribution >= 0.6 is 0 Å². The standard InChI is InChI=1S/C35H68O4Si2/c1-14-15-20-27(2)25-29(38-40(10,11)34(4,5)6)23-24-31-30(21-18-16-17-19-22-33(36)37)28(3)26-32(31)39-41(12,13)35(7,8)9/h23-24,27,29,31-32H,14-22,25-26H2,1-13H3,(H,36,37)/t27-,29-,31-,32-/m1/s1. The highest BCUT2D eigenvalue weighted by Crippen LogP contribution is 2.44. The van der Waals surface area contributed by atoms with E-state index in [1.165, 1.54) is 24.8 Å². The van der Waals surface area contributed by atoms with Crippen LogP contribution in [0.25, 0.3) is 0 Å². The van der Waals surface area contributed by atoms with Gasteiger partial charge in [-0.25, -0.2) is 0 Å². The minimum Gasteiger partial charge on any atom is -0.481 e. The van der Waals surface area contributed by atoms with Crippen molar-refractivity contribution in [3.63, 3.8) is 0 Å². The van der Waals surface area contributed by atoms with Gasteiger partial charge < -0.3 is 14.0 Å². The van der Waals surface area contributed by atoms with Gasteiger partial charge in [-0.3, -0.25) is 4.79 Å². The molecule has 4 nitrogen and oxygen atoms in total. The van der Waals surface area contributed by atoms with Crippen molar-refractivity contribution in [2.75, 3.05) is 0 Å². The molecule has 0 saturated carbocycles. The van der Waals surface area contributed by atoms with Gasteiger partial charge in [-0.2, -0.15) is 0 Å². The van der Waals surface area contributed by atoms with E-state index in [1.54, 1.807) is 5.57 Å². The normalized spacial score (nSPS) is 20.7. The van der Waals surface area contributed by atoms with Crippen molar-refractivity contribution < 1.29 is 18.8 Å². The molecule has 0 aliphatic heterocycles. The second-order valence-electron chi connectivity index (χ2n) is 16.0. The summed E-state index contributed by atoms with van der Waals surface area (Å²) in [6.45, 7) is 30.5. The number of hydrogen-bond donors (Lipinski definition) is 1. The van der Waals surface area contributed by atoms with Gasteiger partial charge in [-0.05, 0) is 81.2 Å². The smallest absolute Gasteiger partial charge is 0.303 e. The van der Waals surface area contributed by atoms with Crippen molar-refractivity contribution in [2.45, 2.75) is 181 Å². The molecule has 0 saturated heterocycles. The lowest BCUT2D eigenvalue weighted by Gasteiger charge is -2.40. The summed E-state index contributed by atoms with van der Waals surface area (Å²) in [6.07, 6.45) is 16.4. The number of rotatable bonds is 18. The molecule has 41 heavy (non-hydrogen) atoms. The molecule has 0 spiro atoms. The molecule has 1 rings (SSSR count). The minimum atomic E-state index is -1.93. The summed E-state index contributed by atoms with van der Waals surface area (Å²) >= 11 is 0. The summed E-state index contributed by atoms with van der Waals surface area (Å²) in [5.74, 6) is 0.244. The Morgan fingerprint density at radius 1 is 0.976 bits per heavy atom. The van der Waals surface area contributed by atoms with Crippen molar-refractivity contribution >= 4 is 22.6 Å². The Kier molecular flexibility index (Phi) is 15.3. The third-order valence-corrected chi connectivity index (χ3v) is 19.2. The Labute approximate surface area is 257 Å². The molecule has 1 N–H and O–H groups in total. The number of carboxylic acid groups (broad SMARTS) is 1. The average molecular weight is 609 g/mol. The third-order valence-electron chi connectivity index (χ3n) is 10.2. The van der Waals surface area contributed by atoms with Gasteiger partial charge in [0.1, 0.15) is 0 Å². The van der Waals surface area contributed by atoms with Gasteiger partial charge in [0.25, 0.3) is 0 Å². The van der Waals surface area contributed by atoms with Gasteiger partial charge in [0.15, 0.2) is 16.6 Å². The minimum absolute atomic E-state index is 0.134. The molecular weight excluding hydrogens is 541 g/mol. The van der Waals surface area contributed by atoms with Crippen LogP contribution in [0.15, 0.2) is 23.3 Å². The van der Waals surface area contributed by atoms with Crippen LogP contribution in [0.5, 0.6) is 0 Å². The fourth-order valence-electron chi connectivity index (χ4n) is 5.34. The molecular formula is C35H68O4Si2. The average Bonchev–Trinajstić information content (AvgIpc) is 3.09. The fourth-order valence-corrected chi connectivity index (χ4v) is 7.96. The molecule has 0 fully saturated rings. The second kappa shape index (κ2) is 16.4. The van der Waals surface area contributed by atoms with Gasteiger partial charge in [0.05, 0.1) is 12.2 Å². The van der Waals surface area contributed by atoms with E-state index >= 15 is 0 Å². The zero-order chi connectivity index (χ0) is 31.6. The summed E-state index contributed by atoms with van der Waals surface area (Å²) < 4.78 is 14.2. The van der Waals surface area contributed by atoms with Gasteiger partial charge in [-0.1, -0.05) is 111 Å². The highest BCUT2D eigenvalue weighted by molar-refractivity contribution is 6.74. The molecule has 240 valence electrons. The van der Waals surface area contributed by atoms with E-state index in [1.807, 2.05) is 0 Å². The molecule has 4 atom stereocenters. The predicted octanol–water partition coefficient (Wildman–Crippen LogP) is 11.3. The Morgan fingerprint density at radius 2 is 1.56 bits per heavy atom. The van der Waals surface area contributed by atoms with E-state index in [0.717, 1.165) is 44.9 Å². The van der Waals surface area contributed by atoms with Crippen LogP contribution in [0.2, 0.25) is 36.3 Å². The number of carbonyl (C=O) groups is 1. The predicted molar refractivity (Wildman–Crippen MR) is 183 cm³/mol. The van der Waals surface area contributed by atoms with Crippen molar-refractivity contribution in [3.05, 3.63) is 23.3 Å². The lowest BCUT2D eigenvalue weighted by molar-refractivity contribution is -0.137. The Hall–Kier alpha value is -0.696. The molecule has 0 aromatic rings. The van der Waals surface area contributed by atoms with Gasteiger partial charge in [0.2, 0.25) is 0 Å². The number of aliphatic carboxylic acids is 1. The van der Waals surface area contributed by atoms with E-state index in [-0.39, 0.29) is 28.7 Å². The molecule has 0 radical (unpaired) electrons. The van der Waals surface area contributed by atoms with Crippen LogP contribution in [0.1, 0.15) is 133 Å². The van der Waals surface area contributed by atoms with Crippen molar-refractivity contribution in [3.8, 4) is 0 Å². The zero-order valence-corrected chi connectivity index (χ0v) is 31.4. The molecule has 0 amide bonds. The maximum Gasteiger partial charge on any atom is 0.303 e. The van der Waals surface area contributed by atoms with E-state index in [2.05, 4.69) is 101 Å². The topological polar surface area (TPSA) is 55.8 Å². The van der Waals surface area contributed by atoms with Crippen molar-refractivity contribution in [2.24, 2.45) is 11.8 Å². The first-order valence-corrected chi connectivity index (χ1v) is 22.5. The highest BCUT2D eigenvalue weighted by Gasteiger charge is 2.43. The first-order chi connectivity index (χ1) is 18.7. The monoisotopic (exact) mass is 608 g/mol. The van der Waals surface area contributed by atoms with Gasteiger partial charge >= 0.3 is 5.97 Å². The summed E-state index contributed by atoms with van der Waals surface area (Å²) in [6, 6.07) is 0. The molecule has 0 aromatic carbocycles. The summed E-state index contributed by atoms with van der Waals surface area (Å²) in [5, 5.41) is 9.32. The molecule has 0 bridgehead atoms. The maximum absolute atomic E-state index is 10.9. The van der Waals surface area contributed by atoms with Crippen LogP contribution in [-0.2, 0) is 13.6 Å². The fraction of sp³-hybridized carbons (Fsp3) is 0.857. The quantitative estimate of drug-likeness (QED) is 0.0955. The third kappa shape index (κ3) is 12.8. The van der Waals surface area contributed by atoms with E-state index in [9.17, 15) is 4.79 Å². The van der Waals surface area contributed by atoms with Crippen LogP contribution in [0, 0.1) is 11.8 Å². The molecule has 1 aliphatic rings.